The highest BCUT2D eigenvalue weighted by Gasteiger charge is 2.27. The Morgan fingerprint density at radius 1 is 1.14 bits per heavy atom. The SMILES string of the molecule is c1ccc(C2CCCCN2Cc2n[nH]c3c2CCCC3)nc1. The molecule has 4 rings (SSSR count). The number of likely N-dealkylation sites (tertiary alicyclic amines) is 1. The van der Waals surface area contributed by atoms with Crippen LogP contribution in [0.3, 0.4) is 0 Å². The highest BCUT2D eigenvalue weighted by atomic mass is 15.2. The highest BCUT2D eigenvalue weighted by Crippen LogP contribution is 2.32. The van der Waals surface area contributed by atoms with E-state index in [4.69, 9.17) is 0 Å². The summed E-state index contributed by atoms with van der Waals surface area (Å²) in [5, 5.41) is 7.91. The largest absolute Gasteiger partial charge is 0.289 e. The van der Waals surface area contributed by atoms with Crippen molar-refractivity contribution in [3.63, 3.8) is 0 Å². The molecular weight excluding hydrogens is 272 g/mol. The minimum atomic E-state index is 0.450. The summed E-state index contributed by atoms with van der Waals surface area (Å²) in [6.45, 7) is 2.12. The second-order valence-electron chi connectivity index (χ2n) is 6.57. The molecule has 1 N–H and O–H groups in total. The minimum absolute atomic E-state index is 0.450. The number of hydrogen-bond acceptors (Lipinski definition) is 3. The summed E-state index contributed by atoms with van der Waals surface area (Å²) in [5.41, 5.74) is 5.37. The summed E-state index contributed by atoms with van der Waals surface area (Å²) in [6.07, 6.45) is 10.7. The van der Waals surface area contributed by atoms with Crippen LogP contribution < -0.4 is 0 Å². The first-order valence-electron chi connectivity index (χ1n) is 8.62. The van der Waals surface area contributed by atoms with Gasteiger partial charge in [-0.15, -0.1) is 0 Å². The number of hydrogen-bond donors (Lipinski definition) is 1. The molecule has 116 valence electrons. The van der Waals surface area contributed by atoms with Crippen molar-refractivity contribution >= 4 is 0 Å². The van der Waals surface area contributed by atoms with Crippen molar-refractivity contribution in [1.29, 1.82) is 0 Å². The molecule has 1 unspecified atom stereocenters. The van der Waals surface area contributed by atoms with Crippen LogP contribution in [0.15, 0.2) is 24.4 Å². The van der Waals surface area contributed by atoms with E-state index in [1.165, 1.54) is 67.6 Å². The Balaban J connectivity index is 1.56. The minimum Gasteiger partial charge on any atom is -0.289 e. The van der Waals surface area contributed by atoms with E-state index in [-0.39, 0.29) is 0 Å². The first-order chi connectivity index (χ1) is 10.9. The highest BCUT2D eigenvalue weighted by molar-refractivity contribution is 5.28. The van der Waals surface area contributed by atoms with Crippen LogP contribution in [0, 0.1) is 0 Å². The van der Waals surface area contributed by atoms with Crippen molar-refractivity contribution in [2.24, 2.45) is 0 Å². The summed E-state index contributed by atoms with van der Waals surface area (Å²) < 4.78 is 0. The molecule has 2 aliphatic rings. The van der Waals surface area contributed by atoms with E-state index < -0.39 is 0 Å². The van der Waals surface area contributed by atoms with E-state index in [2.05, 4.69) is 32.2 Å². The van der Waals surface area contributed by atoms with Crippen molar-refractivity contribution in [2.45, 2.75) is 57.5 Å². The van der Waals surface area contributed by atoms with Crippen molar-refractivity contribution in [3.8, 4) is 0 Å². The van der Waals surface area contributed by atoms with Gasteiger partial charge in [-0.25, -0.2) is 0 Å². The second kappa shape index (κ2) is 6.21. The van der Waals surface area contributed by atoms with Crippen molar-refractivity contribution in [3.05, 3.63) is 47.0 Å². The molecule has 4 nitrogen and oxygen atoms in total. The zero-order valence-electron chi connectivity index (χ0n) is 13.1. The lowest BCUT2D eigenvalue weighted by Gasteiger charge is -2.35. The second-order valence-corrected chi connectivity index (χ2v) is 6.57. The van der Waals surface area contributed by atoms with E-state index in [0.717, 1.165) is 13.1 Å². The molecule has 4 heteroatoms. The van der Waals surface area contributed by atoms with Gasteiger partial charge in [0.1, 0.15) is 0 Å². The number of aryl methyl sites for hydroxylation is 1. The predicted octanol–water partition coefficient (Wildman–Crippen LogP) is 3.41. The number of H-pyrrole nitrogens is 1. The Hall–Kier alpha value is -1.68. The molecule has 1 saturated heterocycles. The van der Waals surface area contributed by atoms with Gasteiger partial charge >= 0.3 is 0 Å². The number of fused-ring (bicyclic) bond motifs is 1. The van der Waals surface area contributed by atoms with Gasteiger partial charge in [-0.1, -0.05) is 12.5 Å². The average molecular weight is 296 g/mol. The lowest BCUT2D eigenvalue weighted by atomic mass is 9.94. The third kappa shape index (κ3) is 2.68. The predicted molar refractivity (Wildman–Crippen MR) is 86.5 cm³/mol. The van der Waals surface area contributed by atoms with E-state index in [0.29, 0.717) is 6.04 Å². The van der Waals surface area contributed by atoms with Gasteiger partial charge in [0.15, 0.2) is 0 Å². The topological polar surface area (TPSA) is 44.8 Å². The van der Waals surface area contributed by atoms with Gasteiger partial charge in [0, 0.05) is 18.4 Å². The van der Waals surface area contributed by atoms with E-state index in [1.807, 2.05) is 12.3 Å². The van der Waals surface area contributed by atoms with Crippen LogP contribution in [0.5, 0.6) is 0 Å². The van der Waals surface area contributed by atoms with Gasteiger partial charge in [0.05, 0.1) is 17.4 Å². The summed E-state index contributed by atoms with van der Waals surface area (Å²) in [4.78, 5) is 7.18. The first-order valence-corrected chi connectivity index (χ1v) is 8.62. The van der Waals surface area contributed by atoms with Gasteiger partial charge < -0.3 is 0 Å². The van der Waals surface area contributed by atoms with Gasteiger partial charge in [0.25, 0.3) is 0 Å². The molecule has 0 bridgehead atoms. The molecule has 1 atom stereocenters. The molecule has 22 heavy (non-hydrogen) atoms. The lowest BCUT2D eigenvalue weighted by molar-refractivity contribution is 0.135. The third-order valence-electron chi connectivity index (χ3n) is 5.14. The lowest BCUT2D eigenvalue weighted by Crippen LogP contribution is -2.33. The molecule has 1 aliphatic heterocycles. The molecule has 2 aromatic rings. The Kier molecular flexibility index (Phi) is 3.94. The maximum absolute atomic E-state index is 4.63. The summed E-state index contributed by atoms with van der Waals surface area (Å²) >= 11 is 0. The van der Waals surface area contributed by atoms with E-state index in [9.17, 15) is 0 Å². The number of nitrogens with one attached hydrogen (secondary N) is 1. The van der Waals surface area contributed by atoms with E-state index >= 15 is 0 Å². The van der Waals surface area contributed by atoms with Crippen LogP contribution >= 0.6 is 0 Å². The maximum Gasteiger partial charge on any atom is 0.0797 e. The van der Waals surface area contributed by atoms with Crippen LogP contribution in [0.1, 0.15) is 60.8 Å². The summed E-state index contributed by atoms with van der Waals surface area (Å²) in [5.74, 6) is 0. The van der Waals surface area contributed by atoms with E-state index in [1.54, 1.807) is 0 Å². The Labute approximate surface area is 132 Å². The van der Waals surface area contributed by atoms with Crippen molar-refractivity contribution < 1.29 is 0 Å². The summed E-state index contributed by atoms with van der Waals surface area (Å²) in [6, 6.07) is 6.72. The molecule has 0 amide bonds. The quantitative estimate of drug-likeness (QED) is 0.944. The molecule has 0 radical (unpaired) electrons. The zero-order chi connectivity index (χ0) is 14.8. The molecule has 0 spiro atoms. The zero-order valence-corrected chi connectivity index (χ0v) is 13.1. The van der Waals surface area contributed by atoms with Gasteiger partial charge in [-0.2, -0.15) is 5.10 Å². The average Bonchev–Trinajstić information content (AvgIpc) is 2.99. The Morgan fingerprint density at radius 2 is 2.09 bits per heavy atom. The molecule has 2 aromatic heterocycles. The van der Waals surface area contributed by atoms with Crippen LogP contribution in [0.4, 0.5) is 0 Å². The smallest absolute Gasteiger partial charge is 0.0797 e. The number of aromatic nitrogens is 3. The fourth-order valence-electron chi connectivity index (χ4n) is 3.96. The first kappa shape index (κ1) is 13.9. The van der Waals surface area contributed by atoms with Crippen molar-refractivity contribution in [1.82, 2.24) is 20.1 Å². The van der Waals surface area contributed by atoms with Crippen LogP contribution in [-0.2, 0) is 19.4 Å². The molecule has 1 aliphatic carbocycles. The van der Waals surface area contributed by atoms with Crippen LogP contribution in [0.25, 0.3) is 0 Å². The molecule has 1 fully saturated rings. The fourth-order valence-corrected chi connectivity index (χ4v) is 3.96. The maximum atomic E-state index is 4.63. The number of piperidine rings is 1. The van der Waals surface area contributed by atoms with Crippen LogP contribution in [0.2, 0.25) is 0 Å². The molecule has 0 aromatic carbocycles. The monoisotopic (exact) mass is 296 g/mol. The van der Waals surface area contributed by atoms with Crippen molar-refractivity contribution in [2.75, 3.05) is 6.54 Å². The fraction of sp³-hybridized carbons (Fsp3) is 0.556. The van der Waals surface area contributed by atoms with Gasteiger partial charge in [-0.3, -0.25) is 15.0 Å². The van der Waals surface area contributed by atoms with Gasteiger partial charge in [0.2, 0.25) is 0 Å². The molecule has 0 saturated carbocycles. The normalized spacial score (nSPS) is 22.5. The number of aromatic amines is 1. The van der Waals surface area contributed by atoms with Crippen LogP contribution in [-0.4, -0.2) is 26.6 Å². The molecule has 3 heterocycles. The number of rotatable bonds is 3. The number of nitrogens with zero attached hydrogens (tertiary/aromatic N) is 3. The Morgan fingerprint density at radius 3 is 3.00 bits per heavy atom. The third-order valence-corrected chi connectivity index (χ3v) is 5.14. The van der Waals surface area contributed by atoms with Gasteiger partial charge in [-0.05, 0) is 62.8 Å². The standard InChI is InChI=1S/C18H24N4/c1-2-8-15-14(7-1)17(21-20-15)13-22-12-6-4-10-18(22)16-9-3-5-11-19-16/h3,5,9,11,18H,1-2,4,6-8,10,12-13H2,(H,20,21). The Bertz CT molecular complexity index is 619. The number of pyridine rings is 1. The molecular formula is C18H24N4. The summed E-state index contributed by atoms with van der Waals surface area (Å²) in [7, 11) is 0.